The minimum Gasteiger partial charge on any atom is -0.324 e. The molecule has 25 heavy (non-hydrogen) atoms. The van der Waals surface area contributed by atoms with Gasteiger partial charge in [-0.05, 0) is 18.2 Å². The second-order valence-electron chi connectivity index (χ2n) is 5.31. The van der Waals surface area contributed by atoms with E-state index in [9.17, 15) is 17.6 Å². The van der Waals surface area contributed by atoms with Crippen LogP contribution < -0.4 is 15.4 Å². The molecule has 7 nitrogen and oxygen atoms in total. The Morgan fingerprint density at radius 2 is 1.92 bits per heavy atom. The standard InChI is InChI=1S/C14H21FN4O3S.2ClH/c1-11(20)18-14-10-12(2-3-13(14)15)23(21,22)17-6-9-19-7-4-16-5-8-19;;/h2-3,10,16-17H,4-9H2,1H3,(H,18,20);2*1H. The summed E-state index contributed by atoms with van der Waals surface area (Å²) in [6.07, 6.45) is 0. The van der Waals surface area contributed by atoms with Gasteiger partial charge in [-0.2, -0.15) is 0 Å². The zero-order valence-electron chi connectivity index (χ0n) is 13.7. The van der Waals surface area contributed by atoms with Crippen molar-refractivity contribution in [3.05, 3.63) is 24.0 Å². The van der Waals surface area contributed by atoms with E-state index in [-0.39, 0.29) is 41.9 Å². The van der Waals surface area contributed by atoms with Crippen LogP contribution >= 0.6 is 24.8 Å². The van der Waals surface area contributed by atoms with E-state index in [0.717, 1.165) is 38.3 Å². The molecule has 1 aliphatic rings. The number of sulfonamides is 1. The van der Waals surface area contributed by atoms with Crippen LogP contribution in [0, 0.1) is 5.82 Å². The van der Waals surface area contributed by atoms with Crippen molar-refractivity contribution >= 4 is 46.4 Å². The van der Waals surface area contributed by atoms with Gasteiger partial charge in [0, 0.05) is 46.2 Å². The highest BCUT2D eigenvalue weighted by Gasteiger charge is 2.17. The maximum atomic E-state index is 13.6. The van der Waals surface area contributed by atoms with Crippen molar-refractivity contribution in [1.29, 1.82) is 0 Å². The number of piperazine rings is 1. The molecule has 144 valence electrons. The Labute approximate surface area is 159 Å². The van der Waals surface area contributed by atoms with Crippen molar-refractivity contribution in [2.75, 3.05) is 44.6 Å². The molecule has 1 aromatic carbocycles. The fraction of sp³-hybridized carbons (Fsp3) is 0.500. The molecule has 0 aromatic heterocycles. The summed E-state index contributed by atoms with van der Waals surface area (Å²) in [4.78, 5) is 13.1. The average molecular weight is 417 g/mol. The van der Waals surface area contributed by atoms with Crippen LogP contribution in [0.1, 0.15) is 6.92 Å². The lowest BCUT2D eigenvalue weighted by molar-refractivity contribution is -0.114. The lowest BCUT2D eigenvalue weighted by Crippen LogP contribution is -2.46. The Morgan fingerprint density at radius 3 is 2.52 bits per heavy atom. The highest BCUT2D eigenvalue weighted by atomic mass is 35.5. The molecule has 1 saturated heterocycles. The first-order valence-corrected chi connectivity index (χ1v) is 8.87. The van der Waals surface area contributed by atoms with Gasteiger partial charge in [-0.3, -0.25) is 9.69 Å². The van der Waals surface area contributed by atoms with Gasteiger partial charge in [-0.15, -0.1) is 24.8 Å². The number of anilines is 1. The van der Waals surface area contributed by atoms with Gasteiger partial charge in [0.05, 0.1) is 10.6 Å². The molecule has 0 atom stereocenters. The quantitative estimate of drug-likeness (QED) is 0.638. The van der Waals surface area contributed by atoms with Gasteiger partial charge in [0.1, 0.15) is 5.82 Å². The Kier molecular flexibility index (Phi) is 10.5. The fourth-order valence-corrected chi connectivity index (χ4v) is 3.36. The Hall–Kier alpha value is -0.970. The summed E-state index contributed by atoms with van der Waals surface area (Å²) >= 11 is 0. The number of amides is 1. The van der Waals surface area contributed by atoms with E-state index in [1.807, 2.05) is 0 Å². The predicted molar refractivity (Wildman–Crippen MR) is 99.7 cm³/mol. The Bertz CT molecular complexity index is 670. The SMILES string of the molecule is CC(=O)Nc1cc(S(=O)(=O)NCCN2CCNCC2)ccc1F.Cl.Cl. The van der Waals surface area contributed by atoms with Gasteiger partial charge >= 0.3 is 0 Å². The summed E-state index contributed by atoms with van der Waals surface area (Å²) < 4.78 is 40.6. The molecular formula is C14H23Cl2FN4O3S. The van der Waals surface area contributed by atoms with E-state index in [4.69, 9.17) is 0 Å². The molecule has 0 saturated carbocycles. The molecule has 3 N–H and O–H groups in total. The zero-order chi connectivity index (χ0) is 16.9. The molecule has 1 aromatic rings. The third kappa shape index (κ3) is 7.43. The molecule has 0 bridgehead atoms. The molecule has 1 amide bonds. The third-order valence-electron chi connectivity index (χ3n) is 3.49. The summed E-state index contributed by atoms with van der Waals surface area (Å²) in [6.45, 7) is 5.66. The van der Waals surface area contributed by atoms with E-state index in [1.165, 1.54) is 13.0 Å². The maximum Gasteiger partial charge on any atom is 0.240 e. The number of carbonyl (C=O) groups is 1. The van der Waals surface area contributed by atoms with Gasteiger partial charge < -0.3 is 10.6 Å². The number of hydrogen-bond acceptors (Lipinski definition) is 5. The molecular weight excluding hydrogens is 394 g/mol. The van der Waals surface area contributed by atoms with Gasteiger partial charge in [-0.25, -0.2) is 17.5 Å². The van der Waals surface area contributed by atoms with Gasteiger partial charge in [0.15, 0.2) is 0 Å². The predicted octanol–water partition coefficient (Wildman–Crippen LogP) is 0.811. The van der Waals surface area contributed by atoms with Crippen molar-refractivity contribution < 1.29 is 17.6 Å². The first kappa shape index (κ1) is 24.0. The number of carbonyl (C=O) groups excluding carboxylic acids is 1. The van der Waals surface area contributed by atoms with Gasteiger partial charge in [0.25, 0.3) is 0 Å². The van der Waals surface area contributed by atoms with Crippen LogP contribution in [0.25, 0.3) is 0 Å². The second kappa shape index (κ2) is 10.9. The smallest absolute Gasteiger partial charge is 0.240 e. The molecule has 1 fully saturated rings. The lowest BCUT2D eigenvalue weighted by Gasteiger charge is -2.27. The maximum absolute atomic E-state index is 13.6. The van der Waals surface area contributed by atoms with Gasteiger partial charge in [0.2, 0.25) is 15.9 Å². The second-order valence-corrected chi connectivity index (χ2v) is 7.08. The number of rotatable bonds is 6. The highest BCUT2D eigenvalue weighted by molar-refractivity contribution is 7.89. The number of nitrogens with zero attached hydrogens (tertiary/aromatic N) is 1. The van der Waals surface area contributed by atoms with Crippen molar-refractivity contribution in [1.82, 2.24) is 14.9 Å². The van der Waals surface area contributed by atoms with E-state index in [1.54, 1.807) is 0 Å². The zero-order valence-corrected chi connectivity index (χ0v) is 16.2. The molecule has 0 unspecified atom stereocenters. The minimum atomic E-state index is -3.75. The van der Waals surface area contributed by atoms with Crippen LogP contribution in [-0.4, -0.2) is 58.5 Å². The van der Waals surface area contributed by atoms with Crippen molar-refractivity contribution in [3.8, 4) is 0 Å². The fourth-order valence-electron chi connectivity index (χ4n) is 2.31. The van der Waals surface area contributed by atoms with Crippen LogP contribution in [0.15, 0.2) is 23.1 Å². The van der Waals surface area contributed by atoms with Crippen LogP contribution in [0.4, 0.5) is 10.1 Å². The molecule has 0 aliphatic carbocycles. The number of hydrogen-bond donors (Lipinski definition) is 3. The molecule has 11 heteroatoms. The first-order valence-electron chi connectivity index (χ1n) is 7.38. The monoisotopic (exact) mass is 416 g/mol. The normalized spacial score (nSPS) is 15.0. The van der Waals surface area contributed by atoms with Crippen LogP contribution in [0.3, 0.4) is 0 Å². The van der Waals surface area contributed by atoms with E-state index in [0.29, 0.717) is 6.54 Å². The van der Waals surface area contributed by atoms with Crippen molar-refractivity contribution in [2.45, 2.75) is 11.8 Å². The molecule has 0 spiro atoms. The largest absolute Gasteiger partial charge is 0.324 e. The number of halogens is 3. The van der Waals surface area contributed by atoms with Crippen molar-refractivity contribution in [3.63, 3.8) is 0 Å². The summed E-state index contributed by atoms with van der Waals surface area (Å²) in [7, 11) is -3.75. The molecule has 2 rings (SSSR count). The number of benzene rings is 1. The number of nitrogens with one attached hydrogen (secondary N) is 3. The third-order valence-corrected chi connectivity index (χ3v) is 4.95. The average Bonchev–Trinajstić information content (AvgIpc) is 2.50. The topological polar surface area (TPSA) is 90.5 Å². The Morgan fingerprint density at radius 1 is 1.28 bits per heavy atom. The van der Waals surface area contributed by atoms with E-state index < -0.39 is 21.7 Å². The summed E-state index contributed by atoms with van der Waals surface area (Å²) in [5.74, 6) is -1.15. The summed E-state index contributed by atoms with van der Waals surface area (Å²) in [6, 6.07) is 3.31. The molecule has 1 aliphatic heterocycles. The highest BCUT2D eigenvalue weighted by Crippen LogP contribution is 2.19. The molecule has 0 radical (unpaired) electrons. The minimum absolute atomic E-state index is 0. The van der Waals surface area contributed by atoms with E-state index in [2.05, 4.69) is 20.3 Å². The van der Waals surface area contributed by atoms with Crippen molar-refractivity contribution in [2.24, 2.45) is 0 Å². The Balaban J connectivity index is 0.00000288. The van der Waals surface area contributed by atoms with Crippen LogP contribution in [0.2, 0.25) is 0 Å². The van der Waals surface area contributed by atoms with E-state index >= 15 is 0 Å². The van der Waals surface area contributed by atoms with Crippen LogP contribution in [-0.2, 0) is 14.8 Å². The summed E-state index contributed by atoms with van der Waals surface area (Å²) in [5.41, 5.74) is -0.150. The first-order chi connectivity index (χ1) is 10.9. The lowest BCUT2D eigenvalue weighted by atomic mass is 10.3. The van der Waals surface area contributed by atoms with Gasteiger partial charge in [-0.1, -0.05) is 0 Å². The summed E-state index contributed by atoms with van der Waals surface area (Å²) in [5, 5.41) is 5.50. The molecule has 1 heterocycles. The van der Waals surface area contributed by atoms with Crippen LogP contribution in [0.5, 0.6) is 0 Å².